The quantitative estimate of drug-likeness (QED) is 0.784. The molecule has 0 bridgehead atoms. The van der Waals surface area contributed by atoms with Crippen molar-refractivity contribution in [3.05, 3.63) is 54.1 Å². The molecule has 0 saturated carbocycles. The van der Waals surface area contributed by atoms with Crippen LogP contribution in [0, 0.1) is 5.92 Å². The molecule has 2 fully saturated rings. The molecule has 1 N–H and O–H groups in total. The van der Waals surface area contributed by atoms with E-state index in [1.54, 1.807) is 16.4 Å². The van der Waals surface area contributed by atoms with Crippen LogP contribution in [0.1, 0.15) is 43.0 Å². The molecule has 2 aliphatic rings. The fourth-order valence-corrected chi connectivity index (χ4v) is 5.63. The van der Waals surface area contributed by atoms with Crippen LogP contribution in [-0.4, -0.2) is 44.8 Å². The lowest BCUT2D eigenvalue weighted by atomic mass is 10.0. The number of sulfonamides is 1. The van der Waals surface area contributed by atoms with E-state index in [-0.39, 0.29) is 10.8 Å². The Morgan fingerprint density at radius 3 is 2.23 bits per heavy atom. The number of carbonyl (C=O) groups excluding carboxylic acids is 1. The Morgan fingerprint density at radius 2 is 1.57 bits per heavy atom. The molecular formula is C23H29N3O3S. The van der Waals surface area contributed by atoms with Gasteiger partial charge in [-0.05, 0) is 68.0 Å². The Bertz CT molecular complexity index is 991. The third-order valence-electron chi connectivity index (χ3n) is 6.10. The summed E-state index contributed by atoms with van der Waals surface area (Å²) in [5, 5.41) is 2.99. The molecule has 0 spiro atoms. The highest BCUT2D eigenvalue weighted by molar-refractivity contribution is 7.89. The second-order valence-corrected chi connectivity index (χ2v) is 10.2. The van der Waals surface area contributed by atoms with Crippen LogP contribution in [-0.2, 0) is 10.0 Å². The molecule has 0 atom stereocenters. The summed E-state index contributed by atoms with van der Waals surface area (Å²) in [6, 6.07) is 14.1. The van der Waals surface area contributed by atoms with E-state index in [0.717, 1.165) is 50.1 Å². The largest absolute Gasteiger partial charge is 0.370 e. The lowest BCUT2D eigenvalue weighted by molar-refractivity contribution is 0.102. The lowest BCUT2D eigenvalue weighted by Crippen LogP contribution is -2.37. The molecule has 2 heterocycles. The summed E-state index contributed by atoms with van der Waals surface area (Å²) in [6.45, 7) is 5.25. The Balaban J connectivity index is 1.48. The van der Waals surface area contributed by atoms with E-state index in [2.05, 4.69) is 17.1 Å². The van der Waals surface area contributed by atoms with Gasteiger partial charge in [-0.3, -0.25) is 4.79 Å². The van der Waals surface area contributed by atoms with Crippen molar-refractivity contribution in [2.75, 3.05) is 36.4 Å². The molecule has 2 aromatic carbocycles. The second kappa shape index (κ2) is 8.78. The Hall–Kier alpha value is -2.38. The van der Waals surface area contributed by atoms with Gasteiger partial charge in [0.15, 0.2) is 0 Å². The van der Waals surface area contributed by atoms with Crippen molar-refractivity contribution in [1.82, 2.24) is 4.31 Å². The second-order valence-electron chi connectivity index (χ2n) is 8.28. The fourth-order valence-electron chi connectivity index (χ4n) is 4.16. The first-order valence-corrected chi connectivity index (χ1v) is 12.1. The minimum absolute atomic E-state index is 0.239. The highest BCUT2D eigenvalue weighted by Gasteiger charge is 2.28. The maximum atomic E-state index is 12.9. The third kappa shape index (κ3) is 4.37. The van der Waals surface area contributed by atoms with E-state index in [1.165, 1.54) is 12.1 Å². The summed E-state index contributed by atoms with van der Waals surface area (Å²) in [6.07, 6.45) is 4.09. The van der Waals surface area contributed by atoms with E-state index in [1.807, 2.05) is 24.3 Å². The predicted molar refractivity (Wildman–Crippen MR) is 119 cm³/mol. The number of carbonyl (C=O) groups is 1. The molecule has 0 aromatic heterocycles. The number of para-hydroxylation sites is 2. The smallest absolute Gasteiger partial charge is 0.255 e. The van der Waals surface area contributed by atoms with Crippen LogP contribution in [0.4, 0.5) is 11.4 Å². The monoisotopic (exact) mass is 427 g/mol. The Morgan fingerprint density at radius 1 is 0.933 bits per heavy atom. The number of nitrogens with one attached hydrogen (secondary N) is 1. The number of piperidine rings is 1. The maximum absolute atomic E-state index is 12.9. The van der Waals surface area contributed by atoms with Gasteiger partial charge in [0.25, 0.3) is 5.91 Å². The minimum Gasteiger partial charge on any atom is -0.370 e. The molecule has 6 nitrogen and oxygen atoms in total. The van der Waals surface area contributed by atoms with Gasteiger partial charge in [0.2, 0.25) is 10.0 Å². The third-order valence-corrected chi connectivity index (χ3v) is 8.01. The van der Waals surface area contributed by atoms with Crippen LogP contribution in [0.2, 0.25) is 0 Å². The SMILES string of the molecule is CC1CCN(S(=O)(=O)c2ccc(C(=O)Nc3ccccc3N3CCCC3)cc2)CC1. The number of hydrogen-bond donors (Lipinski definition) is 1. The molecule has 2 aromatic rings. The van der Waals surface area contributed by atoms with Gasteiger partial charge in [-0.25, -0.2) is 8.42 Å². The van der Waals surface area contributed by atoms with E-state index in [0.29, 0.717) is 24.6 Å². The molecule has 30 heavy (non-hydrogen) atoms. The predicted octanol–water partition coefficient (Wildman–Crippen LogP) is 3.96. The Labute approximate surface area is 178 Å². The van der Waals surface area contributed by atoms with Gasteiger partial charge in [-0.2, -0.15) is 4.31 Å². The van der Waals surface area contributed by atoms with Crippen molar-refractivity contribution in [3.8, 4) is 0 Å². The number of benzene rings is 2. The van der Waals surface area contributed by atoms with Crippen LogP contribution >= 0.6 is 0 Å². The van der Waals surface area contributed by atoms with Crippen LogP contribution in [0.5, 0.6) is 0 Å². The van der Waals surface area contributed by atoms with E-state index < -0.39 is 10.0 Å². The summed E-state index contributed by atoms with van der Waals surface area (Å²) in [5.41, 5.74) is 2.25. The normalized spacial score (nSPS) is 18.5. The van der Waals surface area contributed by atoms with Crippen molar-refractivity contribution in [3.63, 3.8) is 0 Å². The molecule has 2 aliphatic heterocycles. The van der Waals surface area contributed by atoms with Crippen LogP contribution in [0.3, 0.4) is 0 Å². The van der Waals surface area contributed by atoms with Gasteiger partial charge < -0.3 is 10.2 Å². The number of hydrogen-bond acceptors (Lipinski definition) is 4. The first-order valence-electron chi connectivity index (χ1n) is 10.7. The molecule has 7 heteroatoms. The average Bonchev–Trinajstić information content (AvgIpc) is 3.29. The summed E-state index contributed by atoms with van der Waals surface area (Å²) in [4.78, 5) is 15.3. The fraction of sp³-hybridized carbons (Fsp3) is 0.435. The number of amides is 1. The van der Waals surface area contributed by atoms with Gasteiger partial charge in [0, 0.05) is 31.7 Å². The zero-order valence-electron chi connectivity index (χ0n) is 17.4. The number of rotatable bonds is 5. The molecule has 0 unspecified atom stereocenters. The topological polar surface area (TPSA) is 69.7 Å². The minimum atomic E-state index is -3.51. The van der Waals surface area contributed by atoms with Gasteiger partial charge >= 0.3 is 0 Å². The standard InChI is InChI=1S/C23H29N3O3S/c1-18-12-16-26(17-13-18)30(28,29)20-10-8-19(9-11-20)23(27)24-21-6-2-3-7-22(21)25-14-4-5-15-25/h2-3,6-11,18H,4-5,12-17H2,1H3,(H,24,27). The molecule has 4 rings (SSSR count). The van der Waals surface area contributed by atoms with E-state index >= 15 is 0 Å². The average molecular weight is 428 g/mol. The highest BCUT2D eigenvalue weighted by Crippen LogP contribution is 2.29. The first-order chi connectivity index (χ1) is 14.4. The lowest BCUT2D eigenvalue weighted by Gasteiger charge is -2.29. The molecular weight excluding hydrogens is 398 g/mol. The summed E-state index contributed by atoms with van der Waals surface area (Å²) in [7, 11) is -3.51. The van der Waals surface area contributed by atoms with Crippen LogP contribution < -0.4 is 10.2 Å². The van der Waals surface area contributed by atoms with Crippen LogP contribution in [0.25, 0.3) is 0 Å². The van der Waals surface area contributed by atoms with E-state index in [9.17, 15) is 13.2 Å². The van der Waals surface area contributed by atoms with Crippen molar-refractivity contribution in [1.29, 1.82) is 0 Å². The van der Waals surface area contributed by atoms with E-state index in [4.69, 9.17) is 0 Å². The van der Waals surface area contributed by atoms with Crippen molar-refractivity contribution in [2.45, 2.75) is 37.5 Å². The summed E-state index contributed by atoms with van der Waals surface area (Å²) in [5.74, 6) is 0.323. The van der Waals surface area contributed by atoms with Gasteiger partial charge in [-0.15, -0.1) is 0 Å². The molecule has 0 aliphatic carbocycles. The van der Waals surface area contributed by atoms with Gasteiger partial charge in [-0.1, -0.05) is 19.1 Å². The maximum Gasteiger partial charge on any atom is 0.255 e. The molecule has 160 valence electrons. The Kier molecular flexibility index (Phi) is 6.11. The van der Waals surface area contributed by atoms with Crippen LogP contribution in [0.15, 0.2) is 53.4 Å². The molecule has 0 radical (unpaired) electrons. The van der Waals surface area contributed by atoms with Crippen molar-refractivity contribution in [2.24, 2.45) is 5.92 Å². The van der Waals surface area contributed by atoms with Crippen molar-refractivity contribution >= 4 is 27.3 Å². The summed E-state index contributed by atoms with van der Waals surface area (Å²) < 4.78 is 27.3. The molecule has 2 saturated heterocycles. The first kappa shape index (κ1) is 20.9. The summed E-state index contributed by atoms with van der Waals surface area (Å²) >= 11 is 0. The zero-order chi connectivity index (χ0) is 21.1. The highest BCUT2D eigenvalue weighted by atomic mass is 32.2. The number of anilines is 2. The van der Waals surface area contributed by atoms with Crippen molar-refractivity contribution < 1.29 is 13.2 Å². The zero-order valence-corrected chi connectivity index (χ0v) is 18.2. The van der Waals surface area contributed by atoms with Gasteiger partial charge in [0.1, 0.15) is 0 Å². The number of nitrogens with zero attached hydrogens (tertiary/aromatic N) is 2. The molecule has 1 amide bonds. The van der Waals surface area contributed by atoms with Gasteiger partial charge in [0.05, 0.1) is 16.3 Å².